The van der Waals surface area contributed by atoms with Crippen LogP contribution in [0, 0.1) is 5.92 Å². The molecule has 6 nitrogen and oxygen atoms in total. The SMILES string of the molecule is COC(=O)[C@@H]1C[C@@H](OCc2ccccc2)[C@@H](C)[C@@H]2COC(=O)N12. The number of amides is 1. The van der Waals surface area contributed by atoms with Crippen molar-refractivity contribution in [2.45, 2.75) is 38.1 Å². The van der Waals surface area contributed by atoms with E-state index in [1.54, 1.807) is 0 Å². The van der Waals surface area contributed by atoms with Crippen LogP contribution in [0.5, 0.6) is 0 Å². The minimum absolute atomic E-state index is 0.0890. The minimum atomic E-state index is -0.642. The Morgan fingerprint density at radius 2 is 2.09 bits per heavy atom. The van der Waals surface area contributed by atoms with Crippen molar-refractivity contribution in [1.29, 1.82) is 0 Å². The molecule has 3 rings (SSSR count). The second-order valence-electron chi connectivity index (χ2n) is 6.02. The predicted octanol–water partition coefficient (Wildman–Crippen LogP) is 1.97. The fraction of sp³-hybridized carbons (Fsp3) is 0.529. The Morgan fingerprint density at radius 3 is 2.78 bits per heavy atom. The number of ether oxygens (including phenoxy) is 3. The summed E-state index contributed by atoms with van der Waals surface area (Å²) in [6.45, 7) is 2.80. The monoisotopic (exact) mass is 319 g/mol. The number of cyclic esters (lactones) is 1. The maximum Gasteiger partial charge on any atom is 0.410 e. The van der Waals surface area contributed by atoms with E-state index in [0.717, 1.165) is 5.56 Å². The molecule has 2 aliphatic rings. The van der Waals surface area contributed by atoms with Crippen molar-refractivity contribution < 1.29 is 23.8 Å². The number of methoxy groups -OCH3 is 1. The van der Waals surface area contributed by atoms with Crippen molar-refractivity contribution in [2.24, 2.45) is 5.92 Å². The van der Waals surface area contributed by atoms with Crippen molar-refractivity contribution in [3.63, 3.8) is 0 Å². The molecule has 0 saturated carbocycles. The maximum atomic E-state index is 12.1. The molecule has 6 heteroatoms. The number of hydrogen-bond acceptors (Lipinski definition) is 5. The van der Waals surface area contributed by atoms with Crippen molar-refractivity contribution in [3.05, 3.63) is 35.9 Å². The van der Waals surface area contributed by atoms with Crippen LogP contribution in [0.2, 0.25) is 0 Å². The van der Waals surface area contributed by atoms with Crippen LogP contribution < -0.4 is 0 Å². The van der Waals surface area contributed by atoms with Crippen LogP contribution in [0.3, 0.4) is 0 Å². The zero-order valence-corrected chi connectivity index (χ0v) is 13.3. The molecule has 1 aromatic carbocycles. The molecule has 0 bridgehead atoms. The van der Waals surface area contributed by atoms with Crippen molar-refractivity contribution >= 4 is 12.1 Å². The molecule has 0 aromatic heterocycles. The highest BCUT2D eigenvalue weighted by Gasteiger charge is 2.51. The first-order valence-corrected chi connectivity index (χ1v) is 7.80. The summed E-state index contributed by atoms with van der Waals surface area (Å²) < 4.78 is 16.0. The van der Waals surface area contributed by atoms with Crippen LogP contribution in [-0.2, 0) is 25.6 Å². The van der Waals surface area contributed by atoms with Gasteiger partial charge in [0.05, 0.1) is 25.9 Å². The topological polar surface area (TPSA) is 65.1 Å². The number of fused-ring (bicyclic) bond motifs is 1. The van der Waals surface area contributed by atoms with Crippen LogP contribution in [0.15, 0.2) is 30.3 Å². The number of piperidine rings is 1. The quantitative estimate of drug-likeness (QED) is 0.794. The Hall–Kier alpha value is -2.08. The van der Waals surface area contributed by atoms with E-state index < -0.39 is 18.1 Å². The van der Waals surface area contributed by atoms with Crippen LogP contribution >= 0.6 is 0 Å². The van der Waals surface area contributed by atoms with Gasteiger partial charge in [0.2, 0.25) is 0 Å². The van der Waals surface area contributed by atoms with Gasteiger partial charge in [0.25, 0.3) is 0 Å². The molecule has 1 aromatic rings. The number of nitrogens with zero attached hydrogens (tertiary/aromatic N) is 1. The molecule has 0 spiro atoms. The van der Waals surface area contributed by atoms with E-state index in [2.05, 4.69) is 0 Å². The Balaban J connectivity index is 1.73. The van der Waals surface area contributed by atoms with Gasteiger partial charge in [-0.2, -0.15) is 0 Å². The molecule has 4 atom stereocenters. The lowest BCUT2D eigenvalue weighted by Crippen LogP contribution is -2.58. The second kappa shape index (κ2) is 6.58. The van der Waals surface area contributed by atoms with E-state index in [4.69, 9.17) is 14.2 Å². The average molecular weight is 319 g/mol. The van der Waals surface area contributed by atoms with Gasteiger partial charge < -0.3 is 14.2 Å². The predicted molar refractivity (Wildman–Crippen MR) is 81.6 cm³/mol. The fourth-order valence-electron chi connectivity index (χ4n) is 3.35. The van der Waals surface area contributed by atoms with Gasteiger partial charge >= 0.3 is 12.1 Å². The summed E-state index contributed by atoms with van der Waals surface area (Å²) in [6.07, 6.45) is -0.152. The molecule has 2 heterocycles. The van der Waals surface area contributed by atoms with Gasteiger partial charge in [-0.25, -0.2) is 9.59 Å². The van der Waals surface area contributed by atoms with E-state index in [0.29, 0.717) is 19.6 Å². The standard InChI is InChI=1S/C17H21NO5/c1-11-14-10-23-17(20)18(14)13(16(19)21-2)8-15(11)22-9-12-6-4-3-5-7-12/h3-7,11,13-15H,8-10H2,1-2H3/t11-,13-,14-,15+/m0/s1. The minimum Gasteiger partial charge on any atom is -0.467 e. The van der Waals surface area contributed by atoms with Crippen LogP contribution in [0.4, 0.5) is 4.79 Å². The molecule has 0 N–H and O–H groups in total. The molecule has 0 aliphatic carbocycles. The largest absolute Gasteiger partial charge is 0.467 e. The van der Waals surface area contributed by atoms with Crippen molar-refractivity contribution in [2.75, 3.05) is 13.7 Å². The molecular weight excluding hydrogens is 298 g/mol. The molecule has 2 fully saturated rings. The molecule has 0 unspecified atom stereocenters. The highest BCUT2D eigenvalue weighted by atomic mass is 16.6. The maximum absolute atomic E-state index is 12.1. The number of carbonyl (C=O) groups excluding carboxylic acids is 2. The number of carbonyl (C=O) groups is 2. The smallest absolute Gasteiger partial charge is 0.410 e. The number of hydrogen-bond donors (Lipinski definition) is 0. The number of esters is 1. The Morgan fingerprint density at radius 1 is 1.35 bits per heavy atom. The molecule has 2 saturated heterocycles. The van der Waals surface area contributed by atoms with Gasteiger partial charge in [-0.15, -0.1) is 0 Å². The lowest BCUT2D eigenvalue weighted by molar-refractivity contribution is -0.153. The summed E-state index contributed by atoms with van der Waals surface area (Å²) >= 11 is 0. The van der Waals surface area contributed by atoms with Crippen LogP contribution in [-0.4, -0.2) is 48.9 Å². The molecule has 0 radical (unpaired) electrons. The molecule has 2 aliphatic heterocycles. The van der Waals surface area contributed by atoms with Crippen molar-refractivity contribution in [1.82, 2.24) is 4.90 Å². The summed E-state index contributed by atoms with van der Waals surface area (Å²) in [4.78, 5) is 25.5. The summed E-state index contributed by atoms with van der Waals surface area (Å²) in [5.74, 6) is -0.333. The lowest BCUT2D eigenvalue weighted by Gasteiger charge is -2.42. The van der Waals surface area contributed by atoms with Gasteiger partial charge in [0.1, 0.15) is 12.6 Å². The molecule has 23 heavy (non-hydrogen) atoms. The first kappa shape index (κ1) is 15.8. The zero-order valence-electron chi connectivity index (χ0n) is 13.3. The summed E-state index contributed by atoms with van der Waals surface area (Å²) in [5.41, 5.74) is 1.08. The third-order valence-corrected chi connectivity index (χ3v) is 4.71. The average Bonchev–Trinajstić information content (AvgIpc) is 2.97. The van der Waals surface area contributed by atoms with Gasteiger partial charge in [0, 0.05) is 12.3 Å². The zero-order chi connectivity index (χ0) is 16.4. The van der Waals surface area contributed by atoms with E-state index >= 15 is 0 Å². The fourth-order valence-corrected chi connectivity index (χ4v) is 3.35. The Kier molecular flexibility index (Phi) is 4.52. The van der Waals surface area contributed by atoms with Gasteiger partial charge in [-0.1, -0.05) is 37.3 Å². The Bertz CT molecular complexity index is 576. The van der Waals surface area contributed by atoms with Crippen LogP contribution in [0.25, 0.3) is 0 Å². The van der Waals surface area contributed by atoms with Gasteiger partial charge in [0.15, 0.2) is 0 Å². The van der Waals surface area contributed by atoms with Gasteiger partial charge in [-0.3, -0.25) is 4.90 Å². The molecule has 1 amide bonds. The van der Waals surface area contributed by atoms with E-state index in [1.807, 2.05) is 37.3 Å². The summed E-state index contributed by atoms with van der Waals surface area (Å²) in [7, 11) is 1.33. The number of rotatable bonds is 4. The highest BCUT2D eigenvalue weighted by molar-refractivity contribution is 5.83. The highest BCUT2D eigenvalue weighted by Crippen LogP contribution is 2.35. The summed E-state index contributed by atoms with van der Waals surface area (Å²) in [5, 5.41) is 0. The molecular formula is C17H21NO5. The van der Waals surface area contributed by atoms with Crippen molar-refractivity contribution in [3.8, 4) is 0 Å². The first-order chi connectivity index (χ1) is 11.1. The lowest BCUT2D eigenvalue weighted by atomic mass is 9.85. The third kappa shape index (κ3) is 3.03. The first-order valence-electron chi connectivity index (χ1n) is 7.80. The second-order valence-corrected chi connectivity index (χ2v) is 6.02. The van der Waals surface area contributed by atoms with E-state index in [-0.39, 0.29) is 18.1 Å². The van der Waals surface area contributed by atoms with E-state index in [1.165, 1.54) is 12.0 Å². The third-order valence-electron chi connectivity index (χ3n) is 4.71. The molecule has 124 valence electrons. The summed E-state index contributed by atoms with van der Waals surface area (Å²) in [6, 6.07) is 9.09. The Labute approximate surface area is 135 Å². The van der Waals surface area contributed by atoms with E-state index in [9.17, 15) is 9.59 Å². The number of benzene rings is 1. The van der Waals surface area contributed by atoms with Gasteiger partial charge in [-0.05, 0) is 5.56 Å². The van der Waals surface area contributed by atoms with Crippen LogP contribution in [0.1, 0.15) is 18.9 Å². The normalized spacial score (nSPS) is 29.8.